The summed E-state index contributed by atoms with van der Waals surface area (Å²) in [4.78, 5) is 38.3. The zero-order chi connectivity index (χ0) is 23.3. The van der Waals surface area contributed by atoms with Crippen molar-refractivity contribution in [2.24, 2.45) is 5.92 Å². The molecule has 0 saturated heterocycles. The first-order valence-electron chi connectivity index (χ1n) is 11.5. The molecule has 0 spiro atoms. The Morgan fingerprint density at radius 1 is 1.19 bits per heavy atom. The fourth-order valence-corrected chi connectivity index (χ4v) is 4.79. The average molecular weight is 554 g/mol. The van der Waals surface area contributed by atoms with Gasteiger partial charge in [-0.25, -0.2) is 4.79 Å². The predicted octanol–water partition coefficient (Wildman–Crippen LogP) is 4.30. The third-order valence-corrected chi connectivity index (χ3v) is 6.58. The van der Waals surface area contributed by atoms with E-state index in [1.165, 1.54) is 7.11 Å². The molecule has 0 aromatic heterocycles. The van der Waals surface area contributed by atoms with Gasteiger partial charge in [-0.05, 0) is 78.3 Å². The minimum absolute atomic E-state index is 0.0804. The van der Waals surface area contributed by atoms with Crippen LogP contribution in [0.3, 0.4) is 0 Å². The Balaban J connectivity index is 2.09. The van der Waals surface area contributed by atoms with Crippen LogP contribution in [0.15, 0.2) is 36.9 Å². The van der Waals surface area contributed by atoms with Crippen LogP contribution in [-0.2, 0) is 25.5 Å². The molecule has 2 N–H and O–H groups in total. The summed E-state index contributed by atoms with van der Waals surface area (Å²) >= 11 is 2.22. The molecule has 176 valence electrons. The maximum Gasteiger partial charge on any atom is 0.328 e. The Hall–Kier alpha value is -1.90. The highest BCUT2D eigenvalue weighted by Gasteiger charge is 2.33. The number of amides is 2. The number of esters is 1. The molecular formula is C25H35IN2O4. The molecule has 0 aliphatic heterocycles. The van der Waals surface area contributed by atoms with Crippen molar-refractivity contribution in [1.82, 2.24) is 10.6 Å². The van der Waals surface area contributed by atoms with Gasteiger partial charge in [0, 0.05) is 16.4 Å². The highest BCUT2D eigenvalue weighted by molar-refractivity contribution is 14.1. The predicted molar refractivity (Wildman–Crippen MR) is 134 cm³/mol. The Morgan fingerprint density at radius 3 is 2.59 bits per heavy atom. The number of allylic oxidation sites excluding steroid dienone is 1. The number of ether oxygens (including phenoxy) is 1. The summed E-state index contributed by atoms with van der Waals surface area (Å²) in [6.45, 7) is 3.70. The summed E-state index contributed by atoms with van der Waals surface area (Å²) in [5, 5.41) is 5.84. The van der Waals surface area contributed by atoms with Gasteiger partial charge in [-0.3, -0.25) is 9.59 Å². The average Bonchev–Trinajstić information content (AvgIpc) is 2.80. The summed E-state index contributed by atoms with van der Waals surface area (Å²) in [6, 6.07) is 6.36. The molecule has 1 fully saturated rings. The number of benzene rings is 1. The fraction of sp³-hybridized carbons (Fsp3) is 0.560. The van der Waals surface area contributed by atoms with Crippen LogP contribution in [0.25, 0.3) is 0 Å². The van der Waals surface area contributed by atoms with E-state index in [1.54, 1.807) is 0 Å². The van der Waals surface area contributed by atoms with E-state index in [0.29, 0.717) is 12.8 Å². The SMILES string of the molecule is C=CCCCCC(=O)NC(C(=O)NC(Cc1cccc(I)c1)C(=O)OC)C1CCCCC1. The second-order valence-electron chi connectivity index (χ2n) is 8.40. The number of carbonyl (C=O) groups excluding carboxylic acids is 3. The van der Waals surface area contributed by atoms with Gasteiger partial charge in [0.15, 0.2) is 0 Å². The van der Waals surface area contributed by atoms with Crippen LogP contribution in [0, 0.1) is 9.49 Å². The fourth-order valence-electron chi connectivity index (χ4n) is 4.18. The Morgan fingerprint density at radius 2 is 1.94 bits per heavy atom. The zero-order valence-corrected chi connectivity index (χ0v) is 21.1. The number of hydrogen-bond donors (Lipinski definition) is 2. The number of nitrogens with one attached hydrogen (secondary N) is 2. The van der Waals surface area contributed by atoms with Crippen LogP contribution in [0.2, 0.25) is 0 Å². The van der Waals surface area contributed by atoms with Gasteiger partial charge in [-0.2, -0.15) is 0 Å². The quantitative estimate of drug-likeness (QED) is 0.175. The molecule has 1 aliphatic rings. The molecule has 1 aliphatic carbocycles. The lowest BCUT2D eigenvalue weighted by Crippen LogP contribution is -2.55. The molecule has 6 nitrogen and oxygen atoms in total. The maximum atomic E-state index is 13.3. The number of halogens is 1. The largest absolute Gasteiger partial charge is 0.467 e. The second-order valence-corrected chi connectivity index (χ2v) is 9.64. The molecule has 1 aromatic rings. The number of unbranched alkanes of at least 4 members (excludes halogenated alkanes) is 2. The van der Waals surface area contributed by atoms with Crippen molar-refractivity contribution in [3.8, 4) is 0 Å². The van der Waals surface area contributed by atoms with Gasteiger partial charge >= 0.3 is 5.97 Å². The Bertz CT molecular complexity index is 777. The lowest BCUT2D eigenvalue weighted by atomic mass is 9.83. The molecule has 1 aromatic carbocycles. The van der Waals surface area contributed by atoms with Crippen molar-refractivity contribution in [2.75, 3.05) is 7.11 Å². The zero-order valence-electron chi connectivity index (χ0n) is 18.9. The van der Waals surface area contributed by atoms with E-state index < -0.39 is 18.1 Å². The van der Waals surface area contributed by atoms with Gasteiger partial charge in [-0.1, -0.05) is 37.5 Å². The Labute approximate surface area is 205 Å². The monoisotopic (exact) mass is 554 g/mol. The van der Waals surface area contributed by atoms with Crippen molar-refractivity contribution >= 4 is 40.4 Å². The second kappa shape index (κ2) is 14.3. The van der Waals surface area contributed by atoms with Crippen LogP contribution < -0.4 is 10.6 Å². The van der Waals surface area contributed by atoms with Crippen molar-refractivity contribution in [1.29, 1.82) is 0 Å². The lowest BCUT2D eigenvalue weighted by molar-refractivity contribution is -0.145. The highest BCUT2D eigenvalue weighted by Crippen LogP contribution is 2.27. The number of hydrogen-bond acceptors (Lipinski definition) is 4. The summed E-state index contributed by atoms with van der Waals surface area (Å²) in [7, 11) is 1.32. The molecule has 0 heterocycles. The Kier molecular flexibility index (Phi) is 11.8. The number of methoxy groups -OCH3 is 1. The normalized spacial score (nSPS) is 15.9. The molecular weight excluding hydrogens is 519 g/mol. The summed E-state index contributed by atoms with van der Waals surface area (Å²) in [5.74, 6) is -0.836. The highest BCUT2D eigenvalue weighted by atomic mass is 127. The standard InChI is InChI=1S/C25H35IN2O4/c1-3-4-5-9-15-22(29)28-23(19-12-7-6-8-13-19)24(30)27-21(25(31)32-2)17-18-11-10-14-20(26)16-18/h3,10-11,14,16,19,21,23H,1,4-9,12-13,15,17H2,2H3,(H,27,30)(H,28,29). The molecule has 7 heteroatoms. The van der Waals surface area contributed by atoms with Crippen molar-refractivity contribution in [3.63, 3.8) is 0 Å². The molecule has 1 saturated carbocycles. The van der Waals surface area contributed by atoms with Gasteiger partial charge < -0.3 is 15.4 Å². The van der Waals surface area contributed by atoms with Gasteiger partial charge in [-0.15, -0.1) is 6.58 Å². The van der Waals surface area contributed by atoms with Crippen LogP contribution >= 0.6 is 22.6 Å². The van der Waals surface area contributed by atoms with Crippen LogP contribution in [0.4, 0.5) is 0 Å². The number of rotatable bonds is 12. The topological polar surface area (TPSA) is 84.5 Å². The van der Waals surface area contributed by atoms with Gasteiger partial charge in [0.2, 0.25) is 11.8 Å². The molecule has 2 rings (SSSR count). The smallest absolute Gasteiger partial charge is 0.328 e. The van der Waals surface area contributed by atoms with E-state index >= 15 is 0 Å². The van der Waals surface area contributed by atoms with Gasteiger partial charge in [0.1, 0.15) is 12.1 Å². The van der Waals surface area contributed by atoms with E-state index in [4.69, 9.17) is 4.74 Å². The summed E-state index contributed by atoms with van der Waals surface area (Å²) in [6.07, 6.45) is 10.1. The van der Waals surface area contributed by atoms with Crippen molar-refractivity contribution < 1.29 is 19.1 Å². The third kappa shape index (κ3) is 8.92. The van der Waals surface area contributed by atoms with E-state index in [1.807, 2.05) is 30.3 Å². The van der Waals surface area contributed by atoms with Crippen molar-refractivity contribution in [3.05, 3.63) is 46.1 Å². The minimum atomic E-state index is -0.804. The lowest BCUT2D eigenvalue weighted by Gasteiger charge is -2.31. The maximum absolute atomic E-state index is 13.3. The first-order valence-corrected chi connectivity index (χ1v) is 12.6. The third-order valence-electron chi connectivity index (χ3n) is 5.91. The minimum Gasteiger partial charge on any atom is -0.467 e. The van der Waals surface area contributed by atoms with Crippen LogP contribution in [0.5, 0.6) is 0 Å². The molecule has 2 unspecified atom stereocenters. The van der Waals surface area contributed by atoms with Crippen molar-refractivity contribution in [2.45, 2.75) is 76.3 Å². The molecule has 2 atom stereocenters. The van der Waals surface area contributed by atoms with Gasteiger partial charge in [0.25, 0.3) is 0 Å². The first kappa shape index (κ1) is 26.4. The summed E-state index contributed by atoms with van der Waals surface area (Å²) < 4.78 is 6.00. The molecule has 32 heavy (non-hydrogen) atoms. The summed E-state index contributed by atoms with van der Waals surface area (Å²) in [5.41, 5.74) is 0.938. The van der Waals surface area contributed by atoms with E-state index in [0.717, 1.165) is 60.5 Å². The van der Waals surface area contributed by atoms with E-state index in [-0.39, 0.29) is 17.7 Å². The van der Waals surface area contributed by atoms with E-state index in [2.05, 4.69) is 39.8 Å². The molecule has 0 radical (unpaired) electrons. The van der Waals surface area contributed by atoms with E-state index in [9.17, 15) is 14.4 Å². The molecule has 2 amide bonds. The van der Waals surface area contributed by atoms with Crippen LogP contribution in [0.1, 0.15) is 63.4 Å². The first-order chi connectivity index (χ1) is 15.4. The van der Waals surface area contributed by atoms with Crippen LogP contribution in [-0.4, -0.2) is 37.0 Å². The number of carbonyl (C=O) groups is 3. The molecule has 0 bridgehead atoms. The van der Waals surface area contributed by atoms with Gasteiger partial charge in [0.05, 0.1) is 7.11 Å².